The molecule has 5 heteroatoms. The Labute approximate surface area is 152 Å². The predicted octanol–water partition coefficient (Wildman–Crippen LogP) is 2.59. The van der Waals surface area contributed by atoms with E-state index in [1.807, 2.05) is 0 Å². The molecule has 5 nitrogen and oxygen atoms in total. The molecule has 0 amide bonds. The molecule has 0 aliphatic carbocycles. The van der Waals surface area contributed by atoms with Crippen molar-refractivity contribution in [3.63, 3.8) is 0 Å². The van der Waals surface area contributed by atoms with E-state index >= 15 is 0 Å². The van der Waals surface area contributed by atoms with E-state index in [9.17, 15) is 0 Å². The molecule has 3 aliphatic rings. The fourth-order valence-electron chi connectivity index (χ4n) is 5.18. The van der Waals surface area contributed by atoms with Gasteiger partial charge in [-0.1, -0.05) is 0 Å². The van der Waals surface area contributed by atoms with Crippen LogP contribution in [0.4, 0.5) is 0 Å². The Morgan fingerprint density at radius 3 is 2.68 bits per heavy atom. The number of aromatic nitrogens is 2. The molecule has 4 rings (SSSR count). The number of nitrogens with zero attached hydrogens (tertiary/aromatic N) is 4. The molecular weight excluding hydrogens is 312 g/mol. The van der Waals surface area contributed by atoms with Gasteiger partial charge in [0.25, 0.3) is 0 Å². The SMILES string of the molecule is Cc1cc(CN2CCCC3(CCN(CC4CCCO4)CC3)C2)n(C)n1. The summed E-state index contributed by atoms with van der Waals surface area (Å²) < 4.78 is 7.89. The van der Waals surface area contributed by atoms with Crippen molar-refractivity contribution < 1.29 is 4.74 Å². The number of aryl methyl sites for hydroxylation is 2. The zero-order chi connectivity index (χ0) is 17.3. The van der Waals surface area contributed by atoms with E-state index in [0.717, 1.165) is 25.4 Å². The largest absolute Gasteiger partial charge is 0.377 e. The van der Waals surface area contributed by atoms with Gasteiger partial charge in [-0.25, -0.2) is 0 Å². The quantitative estimate of drug-likeness (QED) is 0.839. The summed E-state index contributed by atoms with van der Waals surface area (Å²) in [7, 11) is 2.08. The molecule has 1 aromatic rings. The summed E-state index contributed by atoms with van der Waals surface area (Å²) in [5.74, 6) is 0. The first-order chi connectivity index (χ1) is 12.1. The summed E-state index contributed by atoms with van der Waals surface area (Å²) in [6.45, 7) is 10.3. The minimum absolute atomic E-state index is 0.505. The lowest BCUT2D eigenvalue weighted by atomic mass is 9.72. The average molecular weight is 347 g/mol. The van der Waals surface area contributed by atoms with Crippen LogP contribution in [-0.4, -0.2) is 65.0 Å². The first kappa shape index (κ1) is 17.5. The highest BCUT2D eigenvalue weighted by molar-refractivity contribution is 5.09. The third kappa shape index (κ3) is 4.09. The Morgan fingerprint density at radius 2 is 2.00 bits per heavy atom. The fraction of sp³-hybridized carbons (Fsp3) is 0.850. The van der Waals surface area contributed by atoms with Gasteiger partial charge in [0.05, 0.1) is 17.5 Å². The van der Waals surface area contributed by atoms with E-state index in [1.165, 1.54) is 70.4 Å². The second-order valence-electron chi connectivity index (χ2n) is 8.65. The summed E-state index contributed by atoms with van der Waals surface area (Å²) in [5.41, 5.74) is 3.04. The summed E-state index contributed by atoms with van der Waals surface area (Å²) in [6, 6.07) is 2.24. The Morgan fingerprint density at radius 1 is 1.16 bits per heavy atom. The van der Waals surface area contributed by atoms with E-state index < -0.39 is 0 Å². The van der Waals surface area contributed by atoms with Crippen LogP contribution >= 0.6 is 0 Å². The number of likely N-dealkylation sites (tertiary alicyclic amines) is 2. The Hall–Kier alpha value is -0.910. The molecule has 25 heavy (non-hydrogen) atoms. The minimum atomic E-state index is 0.505. The zero-order valence-corrected chi connectivity index (χ0v) is 16.0. The lowest BCUT2D eigenvalue weighted by Crippen LogP contribution is -2.50. The van der Waals surface area contributed by atoms with Gasteiger partial charge in [-0.05, 0) is 76.6 Å². The normalized spacial score (nSPS) is 28.0. The van der Waals surface area contributed by atoms with E-state index in [0.29, 0.717) is 11.5 Å². The summed E-state index contributed by atoms with van der Waals surface area (Å²) in [6.07, 6.45) is 8.51. The summed E-state index contributed by atoms with van der Waals surface area (Å²) >= 11 is 0. The van der Waals surface area contributed by atoms with E-state index in [2.05, 4.69) is 39.6 Å². The number of hydrogen-bond donors (Lipinski definition) is 0. The number of hydrogen-bond acceptors (Lipinski definition) is 4. The maximum absolute atomic E-state index is 5.83. The lowest BCUT2D eigenvalue weighted by Gasteiger charge is -2.48. The Bertz CT molecular complexity index is 570. The van der Waals surface area contributed by atoms with Crippen LogP contribution < -0.4 is 0 Å². The smallest absolute Gasteiger partial charge is 0.0702 e. The molecule has 0 saturated carbocycles. The van der Waals surface area contributed by atoms with Gasteiger partial charge in [0.1, 0.15) is 0 Å². The molecule has 0 N–H and O–H groups in total. The highest BCUT2D eigenvalue weighted by Gasteiger charge is 2.38. The molecule has 1 aromatic heterocycles. The van der Waals surface area contributed by atoms with Crippen LogP contribution in [0.3, 0.4) is 0 Å². The third-order valence-electron chi connectivity index (χ3n) is 6.63. The number of ether oxygens (including phenoxy) is 1. The van der Waals surface area contributed by atoms with Crippen LogP contribution in [0.1, 0.15) is 49.9 Å². The average Bonchev–Trinajstić information content (AvgIpc) is 3.20. The van der Waals surface area contributed by atoms with Gasteiger partial charge in [0, 0.05) is 33.3 Å². The standard InChI is InChI=1S/C20H34N4O/c1-17-13-18(22(2)21-17)14-24-9-4-6-20(16-24)7-10-23(11-8-20)15-19-5-3-12-25-19/h13,19H,3-12,14-16H2,1-2H3. The lowest BCUT2D eigenvalue weighted by molar-refractivity contribution is 0.00174. The second kappa shape index (κ2) is 7.37. The van der Waals surface area contributed by atoms with Crippen molar-refractivity contribution in [3.05, 3.63) is 17.5 Å². The van der Waals surface area contributed by atoms with E-state index in [4.69, 9.17) is 4.74 Å². The van der Waals surface area contributed by atoms with Crippen molar-refractivity contribution in [3.8, 4) is 0 Å². The summed E-state index contributed by atoms with van der Waals surface area (Å²) in [5, 5.41) is 4.51. The van der Waals surface area contributed by atoms with Crippen molar-refractivity contribution in [2.24, 2.45) is 12.5 Å². The van der Waals surface area contributed by atoms with Crippen LogP contribution in [0.5, 0.6) is 0 Å². The van der Waals surface area contributed by atoms with Crippen LogP contribution in [0.2, 0.25) is 0 Å². The molecule has 3 saturated heterocycles. The van der Waals surface area contributed by atoms with Gasteiger partial charge in [-0.2, -0.15) is 5.10 Å². The molecule has 3 aliphatic heterocycles. The van der Waals surface area contributed by atoms with Gasteiger partial charge < -0.3 is 9.64 Å². The molecule has 0 aromatic carbocycles. The van der Waals surface area contributed by atoms with Gasteiger partial charge in [-0.3, -0.25) is 9.58 Å². The van der Waals surface area contributed by atoms with Crippen molar-refractivity contribution in [2.45, 2.75) is 58.1 Å². The maximum atomic E-state index is 5.83. The van der Waals surface area contributed by atoms with E-state index in [-0.39, 0.29) is 0 Å². The van der Waals surface area contributed by atoms with Crippen LogP contribution in [0.25, 0.3) is 0 Å². The predicted molar refractivity (Wildman–Crippen MR) is 99.5 cm³/mol. The van der Waals surface area contributed by atoms with Gasteiger partial charge >= 0.3 is 0 Å². The first-order valence-electron chi connectivity index (χ1n) is 10.2. The monoisotopic (exact) mass is 346 g/mol. The topological polar surface area (TPSA) is 33.5 Å². The molecule has 1 atom stereocenters. The molecule has 1 spiro atoms. The zero-order valence-electron chi connectivity index (χ0n) is 16.0. The second-order valence-corrected chi connectivity index (χ2v) is 8.65. The van der Waals surface area contributed by atoms with Gasteiger partial charge in [0.2, 0.25) is 0 Å². The Balaban J connectivity index is 1.31. The van der Waals surface area contributed by atoms with Gasteiger partial charge in [0.15, 0.2) is 0 Å². The van der Waals surface area contributed by atoms with Crippen molar-refractivity contribution in [2.75, 3.05) is 39.3 Å². The third-order valence-corrected chi connectivity index (χ3v) is 6.63. The number of piperidine rings is 2. The van der Waals surface area contributed by atoms with Crippen LogP contribution in [-0.2, 0) is 18.3 Å². The van der Waals surface area contributed by atoms with Crippen LogP contribution in [0, 0.1) is 12.3 Å². The molecular formula is C20H34N4O. The molecule has 0 bridgehead atoms. The molecule has 1 unspecified atom stereocenters. The molecule has 0 radical (unpaired) electrons. The highest BCUT2D eigenvalue weighted by atomic mass is 16.5. The van der Waals surface area contributed by atoms with Gasteiger partial charge in [-0.15, -0.1) is 0 Å². The van der Waals surface area contributed by atoms with Crippen molar-refractivity contribution >= 4 is 0 Å². The molecule has 140 valence electrons. The molecule has 4 heterocycles. The van der Waals surface area contributed by atoms with E-state index in [1.54, 1.807) is 0 Å². The minimum Gasteiger partial charge on any atom is -0.377 e. The molecule has 3 fully saturated rings. The van der Waals surface area contributed by atoms with Crippen LogP contribution in [0.15, 0.2) is 6.07 Å². The Kier molecular flexibility index (Phi) is 5.16. The number of rotatable bonds is 4. The van der Waals surface area contributed by atoms with Crippen molar-refractivity contribution in [1.29, 1.82) is 0 Å². The van der Waals surface area contributed by atoms with Crippen molar-refractivity contribution in [1.82, 2.24) is 19.6 Å². The summed E-state index contributed by atoms with van der Waals surface area (Å²) in [4.78, 5) is 5.33. The maximum Gasteiger partial charge on any atom is 0.0702 e. The fourth-order valence-corrected chi connectivity index (χ4v) is 5.18. The first-order valence-corrected chi connectivity index (χ1v) is 10.2. The highest BCUT2D eigenvalue weighted by Crippen LogP contribution is 2.40.